The number of amides is 2. The molecule has 3 N–H and O–H groups in total. The lowest BCUT2D eigenvalue weighted by atomic mass is 10.0. The van der Waals surface area contributed by atoms with Gasteiger partial charge in [0.25, 0.3) is 0 Å². The largest absolute Gasteiger partial charge is 0.496 e. The van der Waals surface area contributed by atoms with Gasteiger partial charge in [0.05, 0.1) is 19.3 Å². The van der Waals surface area contributed by atoms with Crippen molar-refractivity contribution in [3.05, 3.63) is 65.5 Å². The minimum atomic E-state index is -0.907. The number of carbonyl (C=O) groups excluding carboxylic acids is 1. The standard InChI is InChI=1S/C20H26FN3O3/c1-24(2)17(16-6-4-5-7-19(16)27-3)12-22-20(26)23-13-18(25)14-8-10-15(21)11-9-14/h4-11,17-18,25H,12-13H2,1-3H3,(H2,22,23,26). The van der Waals surface area contributed by atoms with E-state index in [1.54, 1.807) is 7.11 Å². The fraction of sp³-hybridized carbons (Fsp3) is 0.350. The molecule has 0 saturated heterocycles. The predicted octanol–water partition coefficient (Wildman–Crippen LogP) is 2.47. The SMILES string of the molecule is COc1ccccc1C(CNC(=O)NCC(O)c1ccc(F)cc1)N(C)C. The number of hydrogen-bond donors (Lipinski definition) is 3. The lowest BCUT2D eigenvalue weighted by Gasteiger charge is -2.26. The van der Waals surface area contributed by atoms with Crippen molar-refractivity contribution in [3.8, 4) is 5.75 Å². The number of aliphatic hydroxyl groups is 1. The fourth-order valence-electron chi connectivity index (χ4n) is 2.76. The fourth-order valence-corrected chi connectivity index (χ4v) is 2.76. The van der Waals surface area contributed by atoms with Gasteiger partial charge in [0, 0.05) is 18.7 Å². The highest BCUT2D eigenvalue weighted by Crippen LogP contribution is 2.27. The lowest BCUT2D eigenvalue weighted by molar-refractivity contribution is 0.172. The van der Waals surface area contributed by atoms with Gasteiger partial charge in [0.2, 0.25) is 0 Å². The lowest BCUT2D eigenvalue weighted by Crippen LogP contribution is -2.41. The molecule has 0 aliphatic heterocycles. The van der Waals surface area contributed by atoms with Gasteiger partial charge in [-0.15, -0.1) is 0 Å². The molecule has 2 rings (SSSR count). The molecule has 0 saturated carbocycles. The van der Waals surface area contributed by atoms with Crippen molar-refractivity contribution in [2.45, 2.75) is 12.1 Å². The van der Waals surface area contributed by atoms with Crippen molar-refractivity contribution in [2.75, 3.05) is 34.3 Å². The highest BCUT2D eigenvalue weighted by atomic mass is 19.1. The molecule has 2 aromatic carbocycles. The molecule has 2 unspecified atom stereocenters. The molecule has 2 atom stereocenters. The molecule has 0 aliphatic rings. The van der Waals surface area contributed by atoms with Crippen LogP contribution in [0.15, 0.2) is 48.5 Å². The van der Waals surface area contributed by atoms with Gasteiger partial charge in [-0.05, 0) is 37.9 Å². The number of nitrogens with zero attached hydrogens (tertiary/aromatic N) is 1. The smallest absolute Gasteiger partial charge is 0.314 e. The molecule has 2 amide bonds. The summed E-state index contributed by atoms with van der Waals surface area (Å²) in [6.07, 6.45) is -0.907. The van der Waals surface area contributed by atoms with Crippen LogP contribution in [-0.2, 0) is 0 Å². The summed E-state index contributed by atoms with van der Waals surface area (Å²) in [7, 11) is 5.46. The maximum Gasteiger partial charge on any atom is 0.314 e. The van der Waals surface area contributed by atoms with Crippen molar-refractivity contribution in [1.29, 1.82) is 0 Å². The van der Waals surface area contributed by atoms with Gasteiger partial charge in [-0.3, -0.25) is 0 Å². The molecule has 0 radical (unpaired) electrons. The van der Waals surface area contributed by atoms with Gasteiger partial charge in [-0.1, -0.05) is 30.3 Å². The highest BCUT2D eigenvalue weighted by molar-refractivity contribution is 5.73. The van der Waals surface area contributed by atoms with E-state index in [1.807, 2.05) is 43.3 Å². The number of carbonyl (C=O) groups is 1. The summed E-state index contributed by atoms with van der Waals surface area (Å²) >= 11 is 0. The molecule has 0 spiro atoms. The number of aliphatic hydroxyl groups excluding tert-OH is 1. The second kappa shape index (κ2) is 9.89. The van der Waals surface area contributed by atoms with E-state index >= 15 is 0 Å². The van der Waals surface area contributed by atoms with Crippen LogP contribution in [0.3, 0.4) is 0 Å². The van der Waals surface area contributed by atoms with E-state index in [0.29, 0.717) is 12.1 Å². The minimum absolute atomic E-state index is 0.0265. The van der Waals surface area contributed by atoms with E-state index in [1.165, 1.54) is 24.3 Å². The van der Waals surface area contributed by atoms with Gasteiger partial charge in [0.15, 0.2) is 0 Å². The zero-order valence-electron chi connectivity index (χ0n) is 15.8. The van der Waals surface area contributed by atoms with E-state index in [-0.39, 0.29) is 18.4 Å². The molecular weight excluding hydrogens is 349 g/mol. The normalized spacial score (nSPS) is 13.1. The third-order valence-corrected chi connectivity index (χ3v) is 4.29. The summed E-state index contributed by atoms with van der Waals surface area (Å²) in [5.41, 5.74) is 1.51. The first-order valence-electron chi connectivity index (χ1n) is 8.67. The molecule has 6 nitrogen and oxygen atoms in total. The Morgan fingerprint density at radius 1 is 1.11 bits per heavy atom. The Morgan fingerprint density at radius 2 is 1.74 bits per heavy atom. The third kappa shape index (κ3) is 5.94. The van der Waals surface area contributed by atoms with E-state index in [4.69, 9.17) is 4.74 Å². The highest BCUT2D eigenvalue weighted by Gasteiger charge is 2.19. The second-order valence-corrected chi connectivity index (χ2v) is 6.38. The van der Waals surface area contributed by atoms with Crippen molar-refractivity contribution >= 4 is 6.03 Å². The summed E-state index contributed by atoms with van der Waals surface area (Å²) in [5, 5.41) is 15.5. The van der Waals surface area contributed by atoms with E-state index in [2.05, 4.69) is 10.6 Å². The van der Waals surface area contributed by atoms with Crippen LogP contribution in [0, 0.1) is 5.82 Å². The number of likely N-dealkylation sites (N-methyl/N-ethyl adjacent to an activating group) is 1. The zero-order valence-corrected chi connectivity index (χ0v) is 15.8. The van der Waals surface area contributed by atoms with Gasteiger partial charge in [-0.2, -0.15) is 0 Å². The number of ether oxygens (including phenoxy) is 1. The van der Waals surface area contributed by atoms with Crippen LogP contribution in [0.1, 0.15) is 23.3 Å². The van der Waals surface area contributed by atoms with Crippen LogP contribution < -0.4 is 15.4 Å². The first-order valence-corrected chi connectivity index (χ1v) is 8.67. The molecule has 27 heavy (non-hydrogen) atoms. The summed E-state index contributed by atoms with van der Waals surface area (Å²) in [5.74, 6) is 0.382. The number of urea groups is 1. The molecule has 2 aromatic rings. The summed E-state index contributed by atoms with van der Waals surface area (Å²) in [6, 6.07) is 12.7. The molecule has 0 bridgehead atoms. The van der Waals surface area contributed by atoms with Crippen LogP contribution in [0.4, 0.5) is 9.18 Å². The molecule has 146 valence electrons. The Kier molecular flexibility index (Phi) is 7.57. The quantitative estimate of drug-likeness (QED) is 0.663. The topological polar surface area (TPSA) is 73.8 Å². The van der Waals surface area contributed by atoms with Crippen LogP contribution in [0.2, 0.25) is 0 Å². The van der Waals surface area contributed by atoms with Gasteiger partial charge in [0.1, 0.15) is 11.6 Å². The average molecular weight is 375 g/mol. The maximum atomic E-state index is 12.9. The second-order valence-electron chi connectivity index (χ2n) is 6.38. The van der Waals surface area contributed by atoms with Crippen molar-refractivity contribution in [1.82, 2.24) is 15.5 Å². The molecule has 0 fully saturated rings. The number of benzene rings is 2. The molecular formula is C20H26FN3O3. The predicted molar refractivity (Wildman–Crippen MR) is 102 cm³/mol. The molecule has 0 aromatic heterocycles. The molecule has 7 heteroatoms. The Balaban J connectivity index is 1.89. The Bertz CT molecular complexity index is 738. The van der Waals surface area contributed by atoms with Crippen molar-refractivity contribution in [3.63, 3.8) is 0 Å². The first kappa shape index (κ1) is 20.7. The number of nitrogens with one attached hydrogen (secondary N) is 2. The van der Waals surface area contributed by atoms with Gasteiger partial charge in [-0.25, -0.2) is 9.18 Å². The Morgan fingerprint density at radius 3 is 2.37 bits per heavy atom. The zero-order chi connectivity index (χ0) is 19.8. The minimum Gasteiger partial charge on any atom is -0.496 e. The Hall–Kier alpha value is -2.64. The van der Waals surface area contributed by atoms with Crippen molar-refractivity contribution in [2.24, 2.45) is 0 Å². The van der Waals surface area contributed by atoms with E-state index in [0.717, 1.165) is 11.3 Å². The average Bonchev–Trinajstić information content (AvgIpc) is 2.67. The van der Waals surface area contributed by atoms with Crippen LogP contribution in [-0.4, -0.2) is 50.3 Å². The van der Waals surface area contributed by atoms with Gasteiger partial charge >= 0.3 is 6.03 Å². The number of rotatable bonds is 8. The van der Waals surface area contributed by atoms with E-state index in [9.17, 15) is 14.3 Å². The van der Waals surface area contributed by atoms with Crippen LogP contribution in [0.5, 0.6) is 5.75 Å². The van der Waals surface area contributed by atoms with E-state index < -0.39 is 12.1 Å². The van der Waals surface area contributed by atoms with Crippen LogP contribution in [0.25, 0.3) is 0 Å². The number of halogens is 1. The summed E-state index contributed by atoms with van der Waals surface area (Å²) in [4.78, 5) is 14.1. The van der Waals surface area contributed by atoms with Crippen LogP contribution >= 0.6 is 0 Å². The monoisotopic (exact) mass is 375 g/mol. The number of para-hydroxylation sites is 1. The molecule has 0 aliphatic carbocycles. The third-order valence-electron chi connectivity index (χ3n) is 4.29. The Labute approximate surface area is 159 Å². The first-order chi connectivity index (χ1) is 12.9. The number of methoxy groups -OCH3 is 1. The maximum absolute atomic E-state index is 12.9. The summed E-state index contributed by atoms with van der Waals surface area (Å²) in [6.45, 7) is 0.393. The summed E-state index contributed by atoms with van der Waals surface area (Å²) < 4.78 is 18.3. The molecule has 0 heterocycles. The number of hydrogen-bond acceptors (Lipinski definition) is 4. The van der Waals surface area contributed by atoms with Crippen molar-refractivity contribution < 1.29 is 19.0 Å². The van der Waals surface area contributed by atoms with Gasteiger partial charge < -0.3 is 25.4 Å².